The molecule has 6 rings (SSSR count). The largest absolute Gasteiger partial charge is 0.127 e. The molecular formula is C25H16S. The first kappa shape index (κ1) is 14.4. The van der Waals surface area contributed by atoms with Crippen LogP contribution in [0.15, 0.2) is 66.7 Å². The zero-order valence-electron chi connectivity index (χ0n) is 14.3. The summed E-state index contributed by atoms with van der Waals surface area (Å²) in [6.07, 6.45) is 2.56. The molecule has 1 aromatic heterocycles. The number of hydrogen-bond donors (Lipinski definition) is 0. The van der Waals surface area contributed by atoms with Crippen LogP contribution in [0.25, 0.3) is 42.4 Å². The smallest absolute Gasteiger partial charge is 0.0781 e. The van der Waals surface area contributed by atoms with Crippen LogP contribution in [0.5, 0.6) is 0 Å². The second kappa shape index (κ2) is 5.34. The highest BCUT2D eigenvalue weighted by Crippen LogP contribution is 2.36. The van der Waals surface area contributed by atoms with Gasteiger partial charge in [-0.05, 0) is 69.4 Å². The van der Waals surface area contributed by atoms with Gasteiger partial charge in [-0.2, -0.15) is 0 Å². The Hall–Kier alpha value is -2.82. The molecule has 26 heavy (non-hydrogen) atoms. The van der Waals surface area contributed by atoms with Crippen LogP contribution < -0.4 is 0 Å². The highest BCUT2D eigenvalue weighted by molar-refractivity contribution is 7.19. The number of rotatable bonds is 0. The Balaban J connectivity index is 1.65. The molecule has 0 spiro atoms. The summed E-state index contributed by atoms with van der Waals surface area (Å²) in [4.78, 5) is 1.19. The van der Waals surface area contributed by atoms with Crippen LogP contribution in [0.3, 0.4) is 0 Å². The zero-order valence-corrected chi connectivity index (χ0v) is 15.1. The molecule has 0 aliphatic heterocycles. The summed E-state index contributed by atoms with van der Waals surface area (Å²) in [5, 5.41) is 9.24. The predicted octanol–water partition coefficient (Wildman–Crippen LogP) is 7.12. The fourth-order valence-electron chi connectivity index (χ4n) is 3.81. The van der Waals surface area contributed by atoms with E-state index in [0.717, 1.165) is 0 Å². The van der Waals surface area contributed by atoms with Crippen molar-refractivity contribution >= 4 is 53.7 Å². The Bertz CT molecular complexity index is 1390. The fraction of sp³-hybridized carbons (Fsp3) is 0.120. The standard InChI is InChI=1S/C25H16S/c1-2-4-18-14-23-19(13-17(18)3-1)8-10-22-21(23)11-12-25-24(22)15-20(26-25)9-7-16-5-6-16/h1-4,8,10-16H,5-6H2. The highest BCUT2D eigenvalue weighted by atomic mass is 32.1. The van der Waals surface area contributed by atoms with Gasteiger partial charge in [0.25, 0.3) is 0 Å². The lowest BCUT2D eigenvalue weighted by molar-refractivity contribution is 1.18. The summed E-state index contributed by atoms with van der Waals surface area (Å²) in [7, 11) is 0. The lowest BCUT2D eigenvalue weighted by Crippen LogP contribution is -1.80. The molecule has 0 nitrogen and oxygen atoms in total. The molecule has 5 aromatic rings. The molecule has 0 bridgehead atoms. The SMILES string of the molecule is C(#CC1CC1)c1cc2c(ccc3c4cc5ccccc5cc4ccc23)s1. The maximum Gasteiger partial charge on any atom is 0.0781 e. The average molecular weight is 348 g/mol. The zero-order chi connectivity index (χ0) is 17.1. The normalized spacial score (nSPS) is 14.2. The van der Waals surface area contributed by atoms with Gasteiger partial charge in [0, 0.05) is 16.0 Å². The first-order valence-electron chi connectivity index (χ1n) is 9.14. The first-order valence-corrected chi connectivity index (χ1v) is 9.96. The van der Waals surface area contributed by atoms with Crippen LogP contribution >= 0.6 is 11.3 Å². The minimum Gasteiger partial charge on any atom is -0.127 e. The summed E-state index contributed by atoms with van der Waals surface area (Å²) in [6, 6.07) is 24.6. The first-order chi connectivity index (χ1) is 12.8. The van der Waals surface area contributed by atoms with Crippen molar-refractivity contribution in [3.8, 4) is 11.8 Å². The van der Waals surface area contributed by atoms with Crippen LogP contribution in [0.2, 0.25) is 0 Å². The molecule has 1 heterocycles. The molecule has 0 amide bonds. The van der Waals surface area contributed by atoms with E-state index in [1.807, 2.05) is 11.3 Å². The van der Waals surface area contributed by atoms with E-state index in [0.29, 0.717) is 5.92 Å². The minimum absolute atomic E-state index is 0.647. The lowest BCUT2D eigenvalue weighted by Gasteiger charge is -2.07. The van der Waals surface area contributed by atoms with Gasteiger partial charge in [-0.25, -0.2) is 0 Å². The summed E-state index contributed by atoms with van der Waals surface area (Å²) >= 11 is 1.82. The molecule has 0 saturated heterocycles. The molecule has 1 aliphatic carbocycles. The molecule has 1 heteroatoms. The van der Waals surface area contributed by atoms with E-state index in [2.05, 4.69) is 78.6 Å². The summed E-state index contributed by atoms with van der Waals surface area (Å²) in [5.74, 6) is 7.43. The number of hydrogen-bond acceptors (Lipinski definition) is 1. The topological polar surface area (TPSA) is 0 Å². The van der Waals surface area contributed by atoms with Crippen molar-refractivity contribution in [1.82, 2.24) is 0 Å². The molecule has 1 saturated carbocycles. The Morgan fingerprint density at radius 3 is 2.31 bits per heavy atom. The molecule has 0 radical (unpaired) electrons. The predicted molar refractivity (Wildman–Crippen MR) is 114 cm³/mol. The van der Waals surface area contributed by atoms with Gasteiger partial charge in [0.2, 0.25) is 0 Å². The van der Waals surface area contributed by atoms with E-state index in [1.54, 1.807) is 0 Å². The van der Waals surface area contributed by atoms with E-state index < -0.39 is 0 Å². The van der Waals surface area contributed by atoms with Crippen molar-refractivity contribution < 1.29 is 0 Å². The van der Waals surface area contributed by atoms with E-state index in [4.69, 9.17) is 0 Å². The number of fused-ring (bicyclic) bond motifs is 6. The van der Waals surface area contributed by atoms with Crippen LogP contribution in [0.1, 0.15) is 17.7 Å². The third-order valence-electron chi connectivity index (χ3n) is 5.36. The third-order valence-corrected chi connectivity index (χ3v) is 6.37. The average Bonchev–Trinajstić information content (AvgIpc) is 3.41. The molecule has 1 aliphatic rings. The second-order valence-corrected chi connectivity index (χ2v) is 8.30. The number of benzene rings is 4. The maximum atomic E-state index is 3.39. The monoisotopic (exact) mass is 348 g/mol. The summed E-state index contributed by atoms with van der Waals surface area (Å²) in [5.41, 5.74) is 0. The van der Waals surface area contributed by atoms with E-state index in [9.17, 15) is 0 Å². The van der Waals surface area contributed by atoms with Crippen molar-refractivity contribution in [2.24, 2.45) is 5.92 Å². The summed E-state index contributed by atoms with van der Waals surface area (Å²) < 4.78 is 1.33. The van der Waals surface area contributed by atoms with Crippen molar-refractivity contribution in [2.75, 3.05) is 0 Å². The molecule has 0 atom stereocenters. The molecular weight excluding hydrogens is 332 g/mol. The van der Waals surface area contributed by atoms with Crippen molar-refractivity contribution in [2.45, 2.75) is 12.8 Å². The lowest BCUT2D eigenvalue weighted by atomic mass is 9.97. The molecule has 1 fully saturated rings. The quantitative estimate of drug-likeness (QED) is 0.159. The van der Waals surface area contributed by atoms with Crippen molar-refractivity contribution in [3.05, 3.63) is 71.6 Å². The van der Waals surface area contributed by atoms with Crippen molar-refractivity contribution in [1.29, 1.82) is 0 Å². The van der Waals surface area contributed by atoms with Gasteiger partial charge >= 0.3 is 0 Å². The van der Waals surface area contributed by atoms with Gasteiger partial charge in [0.1, 0.15) is 0 Å². The van der Waals surface area contributed by atoms with Crippen molar-refractivity contribution in [3.63, 3.8) is 0 Å². The maximum absolute atomic E-state index is 3.39. The molecule has 0 N–H and O–H groups in total. The fourth-order valence-corrected chi connectivity index (χ4v) is 4.75. The van der Waals surface area contributed by atoms with Crippen LogP contribution in [0.4, 0.5) is 0 Å². The van der Waals surface area contributed by atoms with E-state index in [1.165, 1.54) is 60.1 Å². The van der Waals surface area contributed by atoms with E-state index in [-0.39, 0.29) is 0 Å². The van der Waals surface area contributed by atoms with Gasteiger partial charge in [0.05, 0.1) is 4.88 Å². The molecule has 122 valence electrons. The van der Waals surface area contributed by atoms with Crippen LogP contribution in [0, 0.1) is 17.8 Å². The van der Waals surface area contributed by atoms with Gasteiger partial charge < -0.3 is 0 Å². The Morgan fingerprint density at radius 1 is 0.692 bits per heavy atom. The second-order valence-electron chi connectivity index (χ2n) is 7.21. The molecule has 0 unspecified atom stereocenters. The van der Waals surface area contributed by atoms with Crippen LogP contribution in [-0.2, 0) is 0 Å². The third kappa shape index (κ3) is 2.23. The van der Waals surface area contributed by atoms with Gasteiger partial charge in [0.15, 0.2) is 0 Å². The summed E-state index contributed by atoms with van der Waals surface area (Å²) in [6.45, 7) is 0. The Labute approximate surface area is 156 Å². The Kier molecular flexibility index (Phi) is 2.95. The van der Waals surface area contributed by atoms with Gasteiger partial charge in [-0.3, -0.25) is 0 Å². The minimum atomic E-state index is 0.647. The van der Waals surface area contributed by atoms with E-state index >= 15 is 0 Å². The molecule has 4 aromatic carbocycles. The van der Waals surface area contributed by atoms with Gasteiger partial charge in [-0.15, -0.1) is 11.3 Å². The van der Waals surface area contributed by atoms with Gasteiger partial charge in [-0.1, -0.05) is 54.3 Å². The number of thiophene rings is 1. The Morgan fingerprint density at radius 2 is 1.46 bits per heavy atom. The van der Waals surface area contributed by atoms with Crippen LogP contribution in [-0.4, -0.2) is 0 Å². The highest BCUT2D eigenvalue weighted by Gasteiger charge is 2.18.